The van der Waals surface area contributed by atoms with Gasteiger partial charge in [-0.05, 0) is 37.7 Å². The highest BCUT2D eigenvalue weighted by molar-refractivity contribution is 6.20. The average Bonchev–Trinajstić information content (AvgIpc) is 2.92. The molecule has 3 rings (SSSR count). The van der Waals surface area contributed by atoms with Gasteiger partial charge in [0, 0.05) is 12.2 Å². The quantitative estimate of drug-likeness (QED) is 0.765. The number of alkyl halides is 1. The third-order valence-electron chi connectivity index (χ3n) is 4.63. The average molecular weight is 278 g/mol. The van der Waals surface area contributed by atoms with Gasteiger partial charge in [0.25, 0.3) is 0 Å². The van der Waals surface area contributed by atoms with E-state index in [1.54, 1.807) is 0 Å². The topological polar surface area (TPSA) is 30.7 Å². The molecule has 0 spiro atoms. The maximum Gasteiger partial charge on any atom is 0.128 e. The molecule has 102 valence electrons. The monoisotopic (exact) mass is 277 g/mol. The Kier molecular flexibility index (Phi) is 3.25. The number of imidazole rings is 1. The van der Waals surface area contributed by atoms with Gasteiger partial charge in [0.05, 0.1) is 17.1 Å². The predicted octanol–water partition coefficient (Wildman–Crippen LogP) is 4.34. The van der Waals surface area contributed by atoms with Gasteiger partial charge in [-0.3, -0.25) is 4.98 Å². The number of halogens is 1. The molecule has 2 heterocycles. The summed E-state index contributed by atoms with van der Waals surface area (Å²) in [5.41, 5.74) is 2.13. The van der Waals surface area contributed by atoms with Crippen molar-refractivity contribution in [3.05, 3.63) is 24.3 Å². The number of fused-ring (bicyclic) bond motifs is 1. The van der Waals surface area contributed by atoms with Gasteiger partial charge in [0.15, 0.2) is 0 Å². The summed E-state index contributed by atoms with van der Waals surface area (Å²) in [6, 6.07) is 2.57. The lowest BCUT2D eigenvalue weighted by molar-refractivity contribution is 0.352. The first-order chi connectivity index (χ1) is 9.09. The van der Waals surface area contributed by atoms with E-state index in [9.17, 15) is 0 Å². The maximum atomic E-state index is 6.34. The lowest BCUT2D eigenvalue weighted by atomic mass is 9.97. The fraction of sp³-hybridized carbons (Fsp3) is 0.600. The van der Waals surface area contributed by atoms with Crippen molar-refractivity contribution < 1.29 is 0 Å². The molecule has 0 aliphatic heterocycles. The zero-order valence-electron chi connectivity index (χ0n) is 11.7. The second kappa shape index (κ2) is 4.78. The largest absolute Gasteiger partial charge is 0.323 e. The third kappa shape index (κ3) is 2.04. The van der Waals surface area contributed by atoms with E-state index in [1.165, 1.54) is 18.4 Å². The van der Waals surface area contributed by atoms with Crippen LogP contribution in [0.15, 0.2) is 18.5 Å². The van der Waals surface area contributed by atoms with Crippen molar-refractivity contribution in [3.8, 4) is 0 Å². The Morgan fingerprint density at radius 3 is 2.79 bits per heavy atom. The molecule has 4 unspecified atom stereocenters. The van der Waals surface area contributed by atoms with Gasteiger partial charge in [0.2, 0.25) is 0 Å². The molecule has 2 aromatic rings. The van der Waals surface area contributed by atoms with Crippen LogP contribution in [0.4, 0.5) is 0 Å². The van der Waals surface area contributed by atoms with Crippen LogP contribution in [0.3, 0.4) is 0 Å². The Balaban J connectivity index is 2.18. The summed E-state index contributed by atoms with van der Waals surface area (Å²) in [7, 11) is 0. The highest BCUT2D eigenvalue weighted by atomic mass is 35.5. The molecule has 0 saturated heterocycles. The van der Waals surface area contributed by atoms with Crippen LogP contribution in [-0.4, -0.2) is 14.5 Å². The van der Waals surface area contributed by atoms with Crippen molar-refractivity contribution >= 4 is 22.6 Å². The second-order valence-electron chi connectivity index (χ2n) is 5.80. The zero-order chi connectivity index (χ0) is 13.6. The minimum Gasteiger partial charge on any atom is -0.323 e. The number of pyridine rings is 1. The van der Waals surface area contributed by atoms with E-state index >= 15 is 0 Å². The maximum absolute atomic E-state index is 6.34. The Labute approximate surface area is 119 Å². The highest BCUT2D eigenvalue weighted by Gasteiger charge is 2.33. The van der Waals surface area contributed by atoms with Crippen molar-refractivity contribution in [3.63, 3.8) is 0 Å². The van der Waals surface area contributed by atoms with Crippen LogP contribution >= 0.6 is 11.6 Å². The zero-order valence-corrected chi connectivity index (χ0v) is 12.4. The van der Waals surface area contributed by atoms with E-state index in [-0.39, 0.29) is 5.38 Å². The molecule has 0 bridgehead atoms. The van der Waals surface area contributed by atoms with Crippen LogP contribution in [0.2, 0.25) is 0 Å². The fourth-order valence-electron chi connectivity index (χ4n) is 3.30. The summed E-state index contributed by atoms with van der Waals surface area (Å²) in [5, 5.41) is -0.0736. The molecule has 2 aromatic heterocycles. The van der Waals surface area contributed by atoms with Gasteiger partial charge in [-0.25, -0.2) is 4.98 Å². The predicted molar refractivity (Wildman–Crippen MR) is 78.4 cm³/mol. The van der Waals surface area contributed by atoms with Crippen LogP contribution in [0.5, 0.6) is 0 Å². The molecule has 4 atom stereocenters. The minimum atomic E-state index is -0.0736. The van der Waals surface area contributed by atoms with Crippen LogP contribution in [0.1, 0.15) is 50.9 Å². The van der Waals surface area contributed by atoms with E-state index in [0.29, 0.717) is 12.0 Å². The number of aromatic nitrogens is 3. The van der Waals surface area contributed by atoms with Gasteiger partial charge >= 0.3 is 0 Å². The van der Waals surface area contributed by atoms with E-state index in [1.807, 2.05) is 19.3 Å². The first-order valence-electron chi connectivity index (χ1n) is 7.05. The molecule has 0 N–H and O–H groups in total. The van der Waals surface area contributed by atoms with Gasteiger partial charge in [-0.1, -0.05) is 13.8 Å². The van der Waals surface area contributed by atoms with Crippen LogP contribution < -0.4 is 0 Å². The lowest BCUT2D eigenvalue weighted by Crippen LogP contribution is -2.17. The lowest BCUT2D eigenvalue weighted by Gasteiger charge is -2.23. The Morgan fingerprint density at radius 2 is 2.16 bits per heavy atom. The summed E-state index contributed by atoms with van der Waals surface area (Å²) in [6.45, 7) is 6.68. The summed E-state index contributed by atoms with van der Waals surface area (Å²) in [6.07, 6.45) is 6.17. The highest BCUT2D eigenvalue weighted by Crippen LogP contribution is 2.43. The van der Waals surface area contributed by atoms with E-state index in [4.69, 9.17) is 11.6 Å². The van der Waals surface area contributed by atoms with E-state index in [0.717, 1.165) is 17.3 Å². The molecular weight excluding hydrogens is 258 g/mol. The Hall–Kier alpha value is -1.09. The smallest absolute Gasteiger partial charge is 0.128 e. The third-order valence-corrected chi connectivity index (χ3v) is 4.82. The van der Waals surface area contributed by atoms with Gasteiger partial charge in [-0.2, -0.15) is 0 Å². The standard InChI is InChI=1S/C15H20ClN3/c1-9-4-5-13(10(9)2)19-14-6-7-17-8-12(14)18-15(19)11(3)16/h6-11,13H,4-5H2,1-3H3. The Bertz CT molecular complexity index is 590. The van der Waals surface area contributed by atoms with Gasteiger partial charge in [-0.15, -0.1) is 11.6 Å². The first-order valence-corrected chi connectivity index (χ1v) is 7.49. The SMILES string of the molecule is CC(Cl)c1nc2cnccc2n1C1CCC(C)C1C. The molecule has 1 aliphatic carbocycles. The normalized spacial score (nSPS) is 28.9. The minimum absolute atomic E-state index is 0.0736. The summed E-state index contributed by atoms with van der Waals surface area (Å²) in [4.78, 5) is 8.85. The molecule has 0 amide bonds. The number of hydrogen-bond donors (Lipinski definition) is 0. The van der Waals surface area contributed by atoms with Crippen LogP contribution in [-0.2, 0) is 0 Å². The van der Waals surface area contributed by atoms with Crippen LogP contribution in [0.25, 0.3) is 11.0 Å². The Morgan fingerprint density at radius 1 is 1.37 bits per heavy atom. The first kappa shape index (κ1) is 12.9. The van der Waals surface area contributed by atoms with Crippen molar-refractivity contribution in [2.75, 3.05) is 0 Å². The fourth-order valence-corrected chi connectivity index (χ4v) is 3.46. The van der Waals surface area contributed by atoms with Crippen LogP contribution in [0, 0.1) is 11.8 Å². The molecule has 1 fully saturated rings. The van der Waals surface area contributed by atoms with Gasteiger partial charge in [0.1, 0.15) is 11.3 Å². The number of rotatable bonds is 2. The number of nitrogens with zero attached hydrogens (tertiary/aromatic N) is 3. The molecule has 1 aliphatic rings. The summed E-state index contributed by atoms with van der Waals surface area (Å²) >= 11 is 6.34. The molecule has 3 nitrogen and oxygen atoms in total. The van der Waals surface area contributed by atoms with Crippen molar-refractivity contribution in [1.29, 1.82) is 0 Å². The molecule has 0 aromatic carbocycles. The second-order valence-corrected chi connectivity index (χ2v) is 6.46. The summed E-state index contributed by atoms with van der Waals surface area (Å²) < 4.78 is 2.36. The van der Waals surface area contributed by atoms with Crippen molar-refractivity contribution in [2.45, 2.75) is 45.0 Å². The molecule has 0 radical (unpaired) electrons. The molecule has 1 saturated carbocycles. The molecule has 19 heavy (non-hydrogen) atoms. The van der Waals surface area contributed by atoms with Gasteiger partial charge < -0.3 is 4.57 Å². The van der Waals surface area contributed by atoms with E-state index < -0.39 is 0 Å². The molecular formula is C15H20ClN3. The van der Waals surface area contributed by atoms with Crippen molar-refractivity contribution in [2.24, 2.45) is 11.8 Å². The molecule has 4 heteroatoms. The summed E-state index contributed by atoms with van der Waals surface area (Å²) in [5.74, 6) is 2.41. The van der Waals surface area contributed by atoms with Crippen molar-refractivity contribution in [1.82, 2.24) is 14.5 Å². The van der Waals surface area contributed by atoms with E-state index in [2.05, 4.69) is 34.4 Å². The number of hydrogen-bond acceptors (Lipinski definition) is 2.